The predicted molar refractivity (Wildman–Crippen MR) is 98.6 cm³/mol. The van der Waals surface area contributed by atoms with E-state index in [0.29, 0.717) is 11.3 Å². The van der Waals surface area contributed by atoms with Gasteiger partial charge in [0.05, 0.1) is 0 Å². The monoisotopic (exact) mass is 294 g/mol. The lowest BCUT2D eigenvalue weighted by Gasteiger charge is -2.45. The van der Waals surface area contributed by atoms with Crippen LogP contribution in [0.15, 0.2) is 12.7 Å². The highest BCUT2D eigenvalue weighted by Crippen LogP contribution is 2.47. The highest BCUT2D eigenvalue weighted by atomic mass is 14.4. The molecule has 5 atom stereocenters. The summed E-state index contributed by atoms with van der Waals surface area (Å²) in [4.78, 5) is 0. The Morgan fingerprint density at radius 2 is 1.57 bits per heavy atom. The van der Waals surface area contributed by atoms with Crippen LogP contribution in [0.3, 0.4) is 0 Å². The van der Waals surface area contributed by atoms with E-state index in [-0.39, 0.29) is 0 Å². The maximum absolute atomic E-state index is 4.02. The molecule has 0 heterocycles. The fraction of sp³-hybridized carbons (Fsp3) is 0.905. The van der Waals surface area contributed by atoms with Gasteiger partial charge in [-0.3, -0.25) is 0 Å². The Bertz CT molecular complexity index is 278. The van der Waals surface area contributed by atoms with E-state index in [4.69, 9.17) is 0 Å². The Morgan fingerprint density at radius 1 is 1.00 bits per heavy atom. The van der Waals surface area contributed by atoms with Gasteiger partial charge in [-0.05, 0) is 47.8 Å². The van der Waals surface area contributed by atoms with E-state index in [1.54, 1.807) is 0 Å². The molecule has 0 rings (SSSR count). The Hall–Kier alpha value is -0.260. The Balaban J connectivity index is 5.27. The van der Waals surface area contributed by atoms with Gasteiger partial charge in [-0.15, -0.1) is 6.58 Å². The van der Waals surface area contributed by atoms with Crippen LogP contribution < -0.4 is 0 Å². The highest BCUT2D eigenvalue weighted by molar-refractivity contribution is 4.90. The smallest absolute Gasteiger partial charge is 0.0236 e. The standard InChI is InChI=1S/C21H42/c1-10-13-14-21(9,12-3)20(15-16(4)5)19(8)18(7)17(6)11-2/h11,16-20H,2,10,12-15H2,1,3-9H3. The average molecular weight is 295 g/mol. The average Bonchev–Trinajstić information content (AvgIpc) is 2.47. The lowest BCUT2D eigenvalue weighted by atomic mass is 9.60. The van der Waals surface area contributed by atoms with E-state index in [1.807, 2.05) is 0 Å². The van der Waals surface area contributed by atoms with Crippen molar-refractivity contribution in [3.8, 4) is 0 Å². The number of rotatable bonds is 11. The summed E-state index contributed by atoms with van der Waals surface area (Å²) in [6, 6.07) is 0. The maximum Gasteiger partial charge on any atom is -0.0236 e. The first-order valence-corrected chi connectivity index (χ1v) is 9.35. The minimum absolute atomic E-state index is 0.495. The molecule has 0 fully saturated rings. The SMILES string of the molecule is C=CC(C)C(C)C(C)C(CC(C)C)C(C)(CC)CCCC. The van der Waals surface area contributed by atoms with Crippen molar-refractivity contribution in [2.24, 2.45) is 35.0 Å². The van der Waals surface area contributed by atoms with Crippen molar-refractivity contribution in [2.75, 3.05) is 0 Å². The Labute approximate surface area is 135 Å². The van der Waals surface area contributed by atoms with Crippen LogP contribution in [0.5, 0.6) is 0 Å². The summed E-state index contributed by atoms with van der Waals surface area (Å²) in [5.74, 6) is 3.71. The van der Waals surface area contributed by atoms with Crippen LogP contribution in [-0.2, 0) is 0 Å². The van der Waals surface area contributed by atoms with Crippen molar-refractivity contribution in [1.82, 2.24) is 0 Å². The molecule has 0 saturated carbocycles. The molecule has 0 bridgehead atoms. The van der Waals surface area contributed by atoms with Crippen molar-refractivity contribution in [3.05, 3.63) is 12.7 Å². The molecule has 0 aromatic carbocycles. The first-order valence-electron chi connectivity index (χ1n) is 9.35. The zero-order valence-corrected chi connectivity index (χ0v) is 16.2. The normalized spacial score (nSPS) is 20.6. The second-order valence-electron chi connectivity index (χ2n) is 8.16. The molecular weight excluding hydrogens is 252 g/mol. The predicted octanol–water partition coefficient (Wildman–Crippen LogP) is 7.35. The van der Waals surface area contributed by atoms with Gasteiger partial charge < -0.3 is 0 Å². The summed E-state index contributed by atoms with van der Waals surface area (Å²) in [5.41, 5.74) is 0.495. The van der Waals surface area contributed by atoms with Crippen molar-refractivity contribution in [3.63, 3.8) is 0 Å². The maximum atomic E-state index is 4.02. The summed E-state index contributed by atoms with van der Waals surface area (Å²) < 4.78 is 0. The van der Waals surface area contributed by atoms with Gasteiger partial charge in [0.25, 0.3) is 0 Å². The van der Waals surface area contributed by atoms with E-state index < -0.39 is 0 Å². The molecule has 0 aliphatic carbocycles. The molecule has 0 amide bonds. The van der Waals surface area contributed by atoms with Crippen molar-refractivity contribution in [2.45, 2.75) is 87.5 Å². The largest absolute Gasteiger partial charge is 0.103 e. The van der Waals surface area contributed by atoms with Crippen LogP contribution in [-0.4, -0.2) is 0 Å². The molecule has 0 N–H and O–H groups in total. The van der Waals surface area contributed by atoms with Crippen molar-refractivity contribution >= 4 is 0 Å². The fourth-order valence-corrected chi connectivity index (χ4v) is 3.91. The van der Waals surface area contributed by atoms with Crippen LogP contribution in [0, 0.1) is 35.0 Å². The molecule has 5 unspecified atom stereocenters. The molecule has 0 spiro atoms. The lowest BCUT2D eigenvalue weighted by molar-refractivity contribution is 0.0521. The van der Waals surface area contributed by atoms with Gasteiger partial charge in [0.1, 0.15) is 0 Å². The van der Waals surface area contributed by atoms with Gasteiger partial charge >= 0.3 is 0 Å². The quantitative estimate of drug-likeness (QED) is 0.349. The molecule has 0 aromatic rings. The first kappa shape index (κ1) is 20.7. The van der Waals surface area contributed by atoms with E-state index in [0.717, 1.165) is 23.7 Å². The summed E-state index contributed by atoms with van der Waals surface area (Å²) >= 11 is 0. The number of hydrogen-bond acceptors (Lipinski definition) is 0. The summed E-state index contributed by atoms with van der Waals surface area (Å²) in [6.45, 7) is 23.3. The fourth-order valence-electron chi connectivity index (χ4n) is 3.91. The Morgan fingerprint density at radius 3 is 1.95 bits per heavy atom. The molecule has 0 saturated heterocycles. The van der Waals surface area contributed by atoms with E-state index in [2.05, 4.69) is 68.0 Å². The summed E-state index contributed by atoms with van der Waals surface area (Å²) in [7, 11) is 0. The van der Waals surface area contributed by atoms with Crippen LogP contribution >= 0.6 is 0 Å². The molecule has 0 heteroatoms. The highest BCUT2D eigenvalue weighted by Gasteiger charge is 2.38. The topological polar surface area (TPSA) is 0 Å². The number of unbranched alkanes of at least 4 members (excludes halogenated alkanes) is 1. The van der Waals surface area contributed by atoms with Gasteiger partial charge in [-0.25, -0.2) is 0 Å². The van der Waals surface area contributed by atoms with E-state index >= 15 is 0 Å². The molecule has 0 nitrogen and oxygen atoms in total. The zero-order valence-electron chi connectivity index (χ0n) is 16.2. The second kappa shape index (κ2) is 9.70. The lowest BCUT2D eigenvalue weighted by Crippen LogP contribution is -2.36. The molecule has 0 radical (unpaired) electrons. The second-order valence-corrected chi connectivity index (χ2v) is 8.16. The van der Waals surface area contributed by atoms with Gasteiger partial charge in [-0.2, -0.15) is 0 Å². The molecular formula is C21H42. The van der Waals surface area contributed by atoms with Crippen LogP contribution in [0.25, 0.3) is 0 Å². The molecule has 0 aromatic heterocycles. The van der Waals surface area contributed by atoms with Crippen molar-refractivity contribution in [1.29, 1.82) is 0 Å². The van der Waals surface area contributed by atoms with Gasteiger partial charge in [0, 0.05) is 0 Å². The molecule has 0 aliphatic heterocycles. The zero-order chi connectivity index (χ0) is 16.6. The third-order valence-electron chi connectivity index (χ3n) is 6.19. The van der Waals surface area contributed by atoms with Crippen molar-refractivity contribution < 1.29 is 0 Å². The number of hydrogen-bond donors (Lipinski definition) is 0. The van der Waals surface area contributed by atoms with Crippen LogP contribution in [0.1, 0.15) is 87.5 Å². The third-order valence-corrected chi connectivity index (χ3v) is 6.19. The summed E-state index contributed by atoms with van der Waals surface area (Å²) in [6.07, 6.45) is 8.89. The van der Waals surface area contributed by atoms with Crippen LogP contribution in [0.4, 0.5) is 0 Å². The van der Waals surface area contributed by atoms with Gasteiger partial charge in [0.15, 0.2) is 0 Å². The van der Waals surface area contributed by atoms with Gasteiger partial charge in [0.2, 0.25) is 0 Å². The van der Waals surface area contributed by atoms with E-state index in [9.17, 15) is 0 Å². The Kier molecular flexibility index (Phi) is 9.58. The first-order chi connectivity index (χ1) is 9.73. The van der Waals surface area contributed by atoms with E-state index in [1.165, 1.54) is 32.1 Å². The summed E-state index contributed by atoms with van der Waals surface area (Å²) in [5, 5.41) is 0. The van der Waals surface area contributed by atoms with Gasteiger partial charge in [-0.1, -0.05) is 80.7 Å². The molecule has 21 heavy (non-hydrogen) atoms. The number of allylic oxidation sites excluding steroid dienone is 1. The molecule has 126 valence electrons. The molecule has 0 aliphatic rings. The minimum Gasteiger partial charge on any atom is -0.103 e. The third kappa shape index (κ3) is 6.17. The van der Waals surface area contributed by atoms with Crippen LogP contribution in [0.2, 0.25) is 0 Å². The minimum atomic E-state index is 0.495.